The Kier molecular flexibility index (Phi) is 3.21. The zero-order valence-corrected chi connectivity index (χ0v) is 11.2. The Hall–Kier alpha value is -2.62. The summed E-state index contributed by atoms with van der Waals surface area (Å²) in [6, 6.07) is 13.2. The fourth-order valence-corrected chi connectivity index (χ4v) is 2.13. The number of hydrogen-bond donors (Lipinski definition) is 1. The van der Waals surface area contributed by atoms with E-state index in [1.807, 2.05) is 54.0 Å². The molecule has 1 N–H and O–H groups in total. The van der Waals surface area contributed by atoms with Gasteiger partial charge in [-0.05, 0) is 36.8 Å². The number of fused-ring (bicyclic) bond motifs is 1. The molecule has 3 rings (SSSR count). The number of carbonyl (C=O) groups is 1. The summed E-state index contributed by atoms with van der Waals surface area (Å²) >= 11 is 0. The second-order valence-electron chi connectivity index (χ2n) is 4.73. The first-order valence-corrected chi connectivity index (χ1v) is 6.50. The number of rotatable bonds is 3. The Bertz CT molecular complexity index is 747. The lowest BCUT2D eigenvalue weighted by molar-refractivity contribution is 0.0951. The monoisotopic (exact) mass is 265 g/mol. The average molecular weight is 265 g/mol. The summed E-state index contributed by atoms with van der Waals surface area (Å²) in [5.74, 6) is -0.0648. The average Bonchev–Trinajstić information content (AvgIpc) is 2.85. The van der Waals surface area contributed by atoms with Gasteiger partial charge in [0.2, 0.25) is 0 Å². The molecule has 4 nitrogen and oxygen atoms in total. The van der Waals surface area contributed by atoms with Gasteiger partial charge in [-0.15, -0.1) is 0 Å². The van der Waals surface area contributed by atoms with Gasteiger partial charge in [-0.1, -0.05) is 18.2 Å². The summed E-state index contributed by atoms with van der Waals surface area (Å²) in [6.07, 6.45) is 3.93. The van der Waals surface area contributed by atoms with Gasteiger partial charge < -0.3 is 9.72 Å². The van der Waals surface area contributed by atoms with Crippen molar-refractivity contribution in [2.24, 2.45) is 0 Å². The van der Waals surface area contributed by atoms with Crippen LogP contribution >= 0.6 is 0 Å². The van der Waals surface area contributed by atoms with Crippen molar-refractivity contribution in [3.63, 3.8) is 0 Å². The molecular weight excluding hydrogens is 250 g/mol. The van der Waals surface area contributed by atoms with Crippen LogP contribution in [0.1, 0.15) is 21.6 Å². The van der Waals surface area contributed by atoms with E-state index in [0.29, 0.717) is 12.1 Å². The van der Waals surface area contributed by atoms with Crippen LogP contribution in [0, 0.1) is 6.92 Å². The summed E-state index contributed by atoms with van der Waals surface area (Å²) in [5.41, 5.74) is 3.59. The molecule has 3 aromatic rings. The molecule has 0 unspecified atom stereocenters. The van der Waals surface area contributed by atoms with Crippen LogP contribution in [0.4, 0.5) is 0 Å². The molecule has 100 valence electrons. The molecule has 20 heavy (non-hydrogen) atoms. The molecule has 0 saturated heterocycles. The van der Waals surface area contributed by atoms with E-state index >= 15 is 0 Å². The number of nitrogens with one attached hydrogen (secondary N) is 1. The first kappa shape index (κ1) is 12.4. The van der Waals surface area contributed by atoms with Crippen molar-refractivity contribution in [2.45, 2.75) is 13.5 Å². The second-order valence-corrected chi connectivity index (χ2v) is 4.73. The van der Waals surface area contributed by atoms with Gasteiger partial charge in [0, 0.05) is 24.5 Å². The Balaban J connectivity index is 1.72. The number of aromatic nitrogens is 2. The van der Waals surface area contributed by atoms with E-state index in [-0.39, 0.29) is 5.91 Å². The molecule has 2 aromatic heterocycles. The van der Waals surface area contributed by atoms with Crippen LogP contribution in [0.15, 0.2) is 54.9 Å². The van der Waals surface area contributed by atoms with E-state index < -0.39 is 0 Å². The molecule has 4 heteroatoms. The maximum atomic E-state index is 12.0. The van der Waals surface area contributed by atoms with E-state index in [4.69, 9.17) is 0 Å². The van der Waals surface area contributed by atoms with Gasteiger partial charge in [0.15, 0.2) is 0 Å². The van der Waals surface area contributed by atoms with Crippen molar-refractivity contribution in [1.82, 2.24) is 14.7 Å². The van der Waals surface area contributed by atoms with Crippen LogP contribution in [0.25, 0.3) is 5.65 Å². The first-order chi connectivity index (χ1) is 9.72. The summed E-state index contributed by atoms with van der Waals surface area (Å²) in [4.78, 5) is 16.4. The maximum Gasteiger partial charge on any atom is 0.251 e. The summed E-state index contributed by atoms with van der Waals surface area (Å²) in [7, 11) is 0. The van der Waals surface area contributed by atoms with Crippen LogP contribution in [-0.2, 0) is 6.54 Å². The van der Waals surface area contributed by atoms with Crippen LogP contribution in [0.5, 0.6) is 0 Å². The molecular formula is C16H15N3O. The summed E-state index contributed by atoms with van der Waals surface area (Å²) in [5, 5.41) is 2.91. The number of hydrogen-bond acceptors (Lipinski definition) is 2. The van der Waals surface area contributed by atoms with Gasteiger partial charge >= 0.3 is 0 Å². The quantitative estimate of drug-likeness (QED) is 0.791. The molecule has 0 aliphatic rings. The number of amides is 1. The van der Waals surface area contributed by atoms with Crippen LogP contribution in [0.3, 0.4) is 0 Å². The third kappa shape index (κ3) is 2.54. The molecule has 0 atom stereocenters. The van der Waals surface area contributed by atoms with Crippen LogP contribution in [-0.4, -0.2) is 15.3 Å². The SMILES string of the molecule is Cc1cn2ccc(CNC(=O)c3ccccc3)cc2n1. The number of benzene rings is 1. The van der Waals surface area contributed by atoms with E-state index in [1.165, 1.54) is 0 Å². The van der Waals surface area contributed by atoms with Gasteiger partial charge in [0.05, 0.1) is 5.69 Å². The molecule has 0 aliphatic heterocycles. The molecule has 0 aliphatic carbocycles. The van der Waals surface area contributed by atoms with E-state index in [2.05, 4.69) is 10.3 Å². The van der Waals surface area contributed by atoms with Gasteiger partial charge in [-0.25, -0.2) is 4.98 Å². The van der Waals surface area contributed by atoms with Gasteiger partial charge in [-0.2, -0.15) is 0 Å². The van der Waals surface area contributed by atoms with Gasteiger partial charge in [-0.3, -0.25) is 4.79 Å². The third-order valence-electron chi connectivity index (χ3n) is 3.13. The van der Waals surface area contributed by atoms with E-state index in [9.17, 15) is 4.79 Å². The molecule has 2 heterocycles. The van der Waals surface area contributed by atoms with Crippen molar-refractivity contribution < 1.29 is 4.79 Å². The van der Waals surface area contributed by atoms with Crippen molar-refractivity contribution in [1.29, 1.82) is 0 Å². The largest absolute Gasteiger partial charge is 0.348 e. The Morgan fingerprint density at radius 1 is 1.25 bits per heavy atom. The molecule has 1 aromatic carbocycles. The maximum absolute atomic E-state index is 12.0. The fourth-order valence-electron chi connectivity index (χ4n) is 2.13. The molecule has 0 radical (unpaired) electrons. The number of pyridine rings is 1. The lowest BCUT2D eigenvalue weighted by Crippen LogP contribution is -2.22. The molecule has 0 spiro atoms. The zero-order valence-electron chi connectivity index (χ0n) is 11.2. The topological polar surface area (TPSA) is 46.4 Å². The highest BCUT2D eigenvalue weighted by molar-refractivity contribution is 5.94. The Morgan fingerprint density at radius 2 is 2.05 bits per heavy atom. The van der Waals surface area contributed by atoms with Crippen LogP contribution < -0.4 is 5.32 Å². The lowest BCUT2D eigenvalue weighted by atomic mass is 10.2. The Morgan fingerprint density at radius 3 is 2.85 bits per heavy atom. The first-order valence-electron chi connectivity index (χ1n) is 6.50. The van der Waals surface area contributed by atoms with Crippen molar-refractivity contribution >= 4 is 11.6 Å². The minimum absolute atomic E-state index is 0.0648. The third-order valence-corrected chi connectivity index (χ3v) is 3.13. The van der Waals surface area contributed by atoms with Crippen molar-refractivity contribution in [2.75, 3.05) is 0 Å². The molecule has 0 fully saturated rings. The minimum Gasteiger partial charge on any atom is -0.348 e. The van der Waals surface area contributed by atoms with Crippen LogP contribution in [0.2, 0.25) is 0 Å². The summed E-state index contributed by atoms with van der Waals surface area (Å²) < 4.78 is 1.97. The standard InChI is InChI=1S/C16H15N3O/c1-12-11-19-8-7-13(9-15(19)18-12)10-17-16(20)14-5-3-2-4-6-14/h2-9,11H,10H2,1H3,(H,17,20). The second kappa shape index (κ2) is 5.17. The normalized spacial score (nSPS) is 10.7. The Labute approximate surface area is 117 Å². The minimum atomic E-state index is -0.0648. The lowest BCUT2D eigenvalue weighted by Gasteiger charge is -2.05. The number of nitrogens with zero attached hydrogens (tertiary/aromatic N) is 2. The highest BCUT2D eigenvalue weighted by Crippen LogP contribution is 2.08. The number of carbonyl (C=O) groups excluding carboxylic acids is 1. The van der Waals surface area contributed by atoms with E-state index in [0.717, 1.165) is 16.9 Å². The van der Waals surface area contributed by atoms with Gasteiger partial charge in [0.1, 0.15) is 5.65 Å². The predicted octanol–water partition coefficient (Wildman–Crippen LogP) is 2.57. The number of imidazole rings is 1. The number of aryl methyl sites for hydroxylation is 1. The summed E-state index contributed by atoms with van der Waals surface area (Å²) in [6.45, 7) is 2.46. The van der Waals surface area contributed by atoms with E-state index in [1.54, 1.807) is 12.1 Å². The molecule has 0 bridgehead atoms. The predicted molar refractivity (Wildman–Crippen MR) is 77.5 cm³/mol. The fraction of sp³-hybridized carbons (Fsp3) is 0.125. The van der Waals surface area contributed by atoms with Gasteiger partial charge in [0.25, 0.3) is 5.91 Å². The molecule has 0 saturated carbocycles. The van der Waals surface area contributed by atoms with Crippen molar-refractivity contribution in [3.8, 4) is 0 Å². The van der Waals surface area contributed by atoms with Crippen molar-refractivity contribution in [3.05, 3.63) is 71.7 Å². The highest BCUT2D eigenvalue weighted by atomic mass is 16.1. The smallest absolute Gasteiger partial charge is 0.251 e. The highest BCUT2D eigenvalue weighted by Gasteiger charge is 2.05. The molecule has 1 amide bonds. The zero-order chi connectivity index (χ0) is 13.9.